The monoisotopic (exact) mass is 546 g/mol. The Balaban J connectivity index is 0.000000752. The molecular weight excluding hydrogens is 510 g/mol. The number of hydrogen-bond acceptors (Lipinski definition) is 2. The van der Waals surface area contributed by atoms with Crippen LogP contribution in [0.5, 0.6) is 0 Å². The fourth-order valence-electron chi connectivity index (χ4n) is 3.53. The number of carbonyl (C=O) groups is 2. The molecule has 2 atom stereocenters. The molecule has 0 saturated carbocycles. The van der Waals surface area contributed by atoms with Crippen molar-refractivity contribution in [3.05, 3.63) is 47.6 Å². The molecule has 7 heteroatoms. The summed E-state index contributed by atoms with van der Waals surface area (Å²) in [6.07, 6.45) is 23.2. The zero-order chi connectivity index (χ0) is 23.9. The summed E-state index contributed by atoms with van der Waals surface area (Å²) < 4.78 is 0.922. The zero-order valence-corrected chi connectivity index (χ0v) is 23.7. The molecule has 2 amide bonds. The summed E-state index contributed by atoms with van der Waals surface area (Å²) >= 11 is 8.85. The molecule has 2 aliphatic carbocycles. The Hall–Kier alpha value is -0.637. The van der Waals surface area contributed by atoms with Gasteiger partial charge in [0.1, 0.15) is 0 Å². The van der Waals surface area contributed by atoms with Crippen LogP contribution >= 0.6 is 23.6 Å². The molecule has 2 rings (SSSR count). The number of unbranched alkanes of at least 4 members (excludes halogenated alkanes) is 2. The van der Waals surface area contributed by atoms with Crippen LogP contribution in [0.15, 0.2) is 47.6 Å². The van der Waals surface area contributed by atoms with Gasteiger partial charge in [0, 0.05) is 37.4 Å². The van der Waals surface area contributed by atoms with Gasteiger partial charge in [0.2, 0.25) is 11.8 Å². The van der Waals surface area contributed by atoms with E-state index in [0.29, 0.717) is 6.25 Å². The van der Waals surface area contributed by atoms with Crippen molar-refractivity contribution in [2.45, 2.75) is 86.3 Å². The topological polar surface area (TPSA) is 58.2 Å². The van der Waals surface area contributed by atoms with E-state index in [0.717, 1.165) is 0 Å². The van der Waals surface area contributed by atoms with E-state index in [2.05, 4.69) is 64.2 Å². The summed E-state index contributed by atoms with van der Waals surface area (Å²) in [4.78, 5) is 22.9. The Morgan fingerprint density at radius 3 is 1.35 bits per heavy atom. The number of carbonyl (C=O) groups excluding carboxylic acids is 2. The molecule has 0 aromatic rings. The molecule has 174 valence electrons. The van der Waals surface area contributed by atoms with Crippen LogP contribution in [0.1, 0.15) is 80.1 Å². The Bertz CT molecular complexity index is 646. The maximum atomic E-state index is 9.57. The molecule has 0 aromatic heterocycles. The van der Waals surface area contributed by atoms with Crippen LogP contribution in [0.3, 0.4) is 0 Å². The van der Waals surface area contributed by atoms with Crippen molar-refractivity contribution in [3.8, 4) is 0 Å². The van der Waals surface area contributed by atoms with Gasteiger partial charge in [-0.25, -0.2) is 0 Å². The average Bonchev–Trinajstić information content (AvgIpc) is 3.28. The quantitative estimate of drug-likeness (QED) is 0.312. The Morgan fingerprint density at radius 2 is 1.16 bits per heavy atom. The number of rotatable bonds is 8. The fourth-order valence-corrected chi connectivity index (χ4v) is 9.44. The van der Waals surface area contributed by atoms with Crippen molar-refractivity contribution >= 4 is 35.4 Å². The SMILES string of the molecule is CC(=O)NCl.CC(=O)NCl.CCCC[C]1([Zr][C]2(CCCC)C=CC(C)=C2)C=CC(C)=C1. The van der Waals surface area contributed by atoms with Gasteiger partial charge in [-0.05, 0) is 0 Å². The van der Waals surface area contributed by atoms with Crippen molar-refractivity contribution in [3.63, 3.8) is 0 Å². The first-order valence-corrected chi connectivity index (χ1v) is 14.1. The van der Waals surface area contributed by atoms with E-state index >= 15 is 0 Å². The van der Waals surface area contributed by atoms with Crippen molar-refractivity contribution in [2.24, 2.45) is 0 Å². The normalized spacial score (nSPS) is 23.0. The first-order valence-electron chi connectivity index (χ1n) is 10.9. The molecule has 4 nitrogen and oxygen atoms in total. The van der Waals surface area contributed by atoms with Gasteiger partial charge in [-0.1, -0.05) is 0 Å². The molecule has 2 unspecified atom stereocenters. The third-order valence-electron chi connectivity index (χ3n) is 4.88. The summed E-state index contributed by atoms with van der Waals surface area (Å²) in [5, 5.41) is 0. The van der Waals surface area contributed by atoms with Crippen molar-refractivity contribution in [2.75, 3.05) is 0 Å². The van der Waals surface area contributed by atoms with E-state index in [1.165, 1.54) is 63.5 Å². The first-order chi connectivity index (χ1) is 14.6. The summed E-state index contributed by atoms with van der Waals surface area (Å²) in [5.74, 6) is -0.460. The number of halogens is 2. The van der Waals surface area contributed by atoms with Crippen molar-refractivity contribution in [1.29, 1.82) is 0 Å². The Labute approximate surface area is 210 Å². The van der Waals surface area contributed by atoms with Gasteiger partial charge >= 0.3 is 143 Å². The minimum absolute atomic E-state index is 0.230. The number of nitrogens with one attached hydrogen (secondary N) is 2. The second-order valence-electron chi connectivity index (χ2n) is 8.16. The molecule has 2 aliphatic rings. The molecular formula is C24H38Cl2N2O2Zr. The predicted molar refractivity (Wildman–Crippen MR) is 130 cm³/mol. The van der Waals surface area contributed by atoms with Gasteiger partial charge in [0.25, 0.3) is 0 Å². The second-order valence-corrected chi connectivity index (χ2v) is 13.7. The summed E-state index contributed by atoms with van der Waals surface area (Å²) in [5.41, 5.74) is 2.97. The minimum atomic E-state index is -0.623. The molecule has 0 aliphatic heterocycles. The van der Waals surface area contributed by atoms with E-state index < -0.39 is 23.2 Å². The van der Waals surface area contributed by atoms with Crippen LogP contribution in [0.25, 0.3) is 0 Å². The molecule has 0 radical (unpaired) electrons. The molecule has 31 heavy (non-hydrogen) atoms. The fraction of sp³-hybridized carbons (Fsp3) is 0.583. The average molecular weight is 549 g/mol. The van der Waals surface area contributed by atoms with Gasteiger partial charge in [-0.15, -0.1) is 0 Å². The molecule has 0 heterocycles. The maximum absolute atomic E-state index is 9.57. The van der Waals surface area contributed by atoms with Crippen LogP contribution in [0, 0.1) is 0 Å². The number of amides is 2. The van der Waals surface area contributed by atoms with E-state index in [4.69, 9.17) is 23.6 Å². The molecule has 0 aromatic carbocycles. The molecule has 2 N–H and O–H groups in total. The third kappa shape index (κ3) is 12.9. The van der Waals surface area contributed by atoms with Crippen molar-refractivity contribution in [1.82, 2.24) is 9.67 Å². The van der Waals surface area contributed by atoms with E-state index in [1.54, 1.807) is 0 Å². The van der Waals surface area contributed by atoms with Gasteiger partial charge in [-0.3, -0.25) is 19.3 Å². The predicted octanol–water partition coefficient (Wildman–Crippen LogP) is 7.35. The van der Waals surface area contributed by atoms with E-state index in [-0.39, 0.29) is 11.8 Å². The number of hydrogen-bond donors (Lipinski definition) is 2. The van der Waals surface area contributed by atoms with Gasteiger partial charge in [0.05, 0.1) is 0 Å². The van der Waals surface area contributed by atoms with Crippen LogP contribution < -0.4 is 9.67 Å². The van der Waals surface area contributed by atoms with Crippen LogP contribution in [-0.2, 0) is 32.8 Å². The van der Waals surface area contributed by atoms with Gasteiger partial charge in [-0.2, -0.15) is 0 Å². The molecule has 0 fully saturated rings. The summed E-state index contributed by atoms with van der Waals surface area (Å²) in [6.45, 7) is 11.9. The van der Waals surface area contributed by atoms with E-state index in [1.807, 2.05) is 9.67 Å². The van der Waals surface area contributed by atoms with Gasteiger partial charge < -0.3 is 0 Å². The standard InChI is InChI=1S/2C10H15.2C2H4ClNO.Zr/c2*1-3-4-5-10-7-6-9(2)8-10;2*1-2(5)4-3;/h2*6-8H,3-5H2,1-2H3;2*1H3,(H,4,5);. The zero-order valence-electron chi connectivity index (χ0n) is 19.8. The molecule has 0 saturated heterocycles. The van der Waals surface area contributed by atoms with E-state index in [9.17, 15) is 9.59 Å². The Kier molecular flexibility index (Phi) is 15.7. The number of allylic oxidation sites excluding steroid dienone is 8. The van der Waals surface area contributed by atoms with Crippen molar-refractivity contribution < 1.29 is 32.8 Å². The van der Waals surface area contributed by atoms with Crippen LogP contribution in [0.4, 0.5) is 0 Å². The summed E-state index contributed by atoms with van der Waals surface area (Å²) in [7, 11) is 0. The third-order valence-corrected chi connectivity index (χ3v) is 10.5. The van der Waals surface area contributed by atoms with Crippen LogP contribution in [0.2, 0.25) is 6.25 Å². The Morgan fingerprint density at radius 1 is 0.839 bits per heavy atom. The van der Waals surface area contributed by atoms with Gasteiger partial charge in [0.15, 0.2) is 0 Å². The second kappa shape index (κ2) is 16.1. The molecule has 0 bridgehead atoms. The van der Waals surface area contributed by atoms with Crippen LogP contribution in [-0.4, -0.2) is 11.8 Å². The molecule has 0 spiro atoms. The first kappa shape index (κ1) is 30.4. The summed E-state index contributed by atoms with van der Waals surface area (Å²) in [6, 6.07) is 0.